The van der Waals surface area contributed by atoms with Crippen LogP contribution in [-0.2, 0) is 11.3 Å². The van der Waals surface area contributed by atoms with Gasteiger partial charge in [-0.15, -0.1) is 11.8 Å². The van der Waals surface area contributed by atoms with Gasteiger partial charge in [-0.25, -0.2) is 4.98 Å². The van der Waals surface area contributed by atoms with Crippen LogP contribution in [0.1, 0.15) is 5.56 Å². The maximum absolute atomic E-state index is 13.2. The van der Waals surface area contributed by atoms with E-state index >= 15 is 0 Å². The number of nitrogens with zero attached hydrogens (tertiary/aromatic N) is 3. The molecule has 0 aliphatic carbocycles. The van der Waals surface area contributed by atoms with Crippen LogP contribution < -0.4 is 9.64 Å². The number of hydrogen-bond acceptors (Lipinski definition) is 6. The molecule has 0 atom stereocenters. The van der Waals surface area contributed by atoms with Gasteiger partial charge in [0.1, 0.15) is 5.75 Å². The molecule has 0 spiro atoms. The number of fused-ring (bicyclic) bond motifs is 1. The van der Waals surface area contributed by atoms with Crippen molar-refractivity contribution in [1.82, 2.24) is 9.97 Å². The summed E-state index contributed by atoms with van der Waals surface area (Å²) in [6, 6.07) is 17.5. The quantitative estimate of drug-likeness (QED) is 0.301. The molecule has 2 aromatic heterocycles. The lowest BCUT2D eigenvalue weighted by atomic mass is 10.2. The summed E-state index contributed by atoms with van der Waals surface area (Å²) < 4.78 is 7.22. The maximum atomic E-state index is 13.2. The number of carbonyl (C=O) groups excluding carboxylic acids is 1. The third kappa shape index (κ3) is 5.00. The molecule has 5 nitrogen and oxygen atoms in total. The standard InChI is InChI=1S/C22H18BrN3O2S2/c1-28-17-5-7-18(8-6-17)29-14-21(27)26(13-15-3-2-10-24-12-15)22-25-19-9-4-16(23)11-20(19)30-22/h2-12H,13-14H2,1H3. The van der Waals surface area contributed by atoms with Crippen LogP contribution in [0.2, 0.25) is 0 Å². The van der Waals surface area contributed by atoms with Gasteiger partial charge in [0.05, 0.1) is 29.6 Å². The van der Waals surface area contributed by atoms with Crippen LogP contribution in [0.5, 0.6) is 5.75 Å². The van der Waals surface area contributed by atoms with E-state index in [1.54, 1.807) is 24.4 Å². The normalized spacial score (nSPS) is 10.9. The van der Waals surface area contributed by atoms with E-state index in [9.17, 15) is 4.79 Å². The van der Waals surface area contributed by atoms with Gasteiger partial charge in [-0.1, -0.05) is 33.3 Å². The molecular weight excluding hydrogens is 482 g/mol. The van der Waals surface area contributed by atoms with E-state index in [1.165, 1.54) is 23.1 Å². The minimum atomic E-state index is -0.00204. The molecule has 0 aliphatic rings. The molecule has 152 valence electrons. The van der Waals surface area contributed by atoms with Gasteiger partial charge < -0.3 is 4.74 Å². The van der Waals surface area contributed by atoms with E-state index in [-0.39, 0.29) is 5.91 Å². The molecule has 0 N–H and O–H groups in total. The summed E-state index contributed by atoms with van der Waals surface area (Å²) in [6.45, 7) is 0.427. The fourth-order valence-corrected chi connectivity index (χ4v) is 5.14. The van der Waals surface area contributed by atoms with Gasteiger partial charge in [-0.3, -0.25) is 14.7 Å². The number of methoxy groups -OCH3 is 1. The Balaban J connectivity index is 1.57. The number of halogens is 1. The first-order valence-corrected chi connectivity index (χ1v) is 11.7. The Labute approximate surface area is 191 Å². The Bertz CT molecular complexity index is 1150. The van der Waals surface area contributed by atoms with Gasteiger partial charge in [-0.2, -0.15) is 0 Å². The number of hydrogen-bond donors (Lipinski definition) is 0. The number of pyridine rings is 1. The highest BCUT2D eigenvalue weighted by Gasteiger charge is 2.20. The molecular formula is C22H18BrN3O2S2. The van der Waals surface area contributed by atoms with Crippen LogP contribution in [-0.4, -0.2) is 28.7 Å². The number of rotatable bonds is 7. The molecule has 0 saturated heterocycles. The largest absolute Gasteiger partial charge is 0.497 e. The predicted molar refractivity (Wildman–Crippen MR) is 126 cm³/mol. The molecule has 0 bridgehead atoms. The minimum absolute atomic E-state index is 0.00204. The van der Waals surface area contributed by atoms with Gasteiger partial charge in [-0.05, 0) is 54.1 Å². The molecule has 2 heterocycles. The lowest BCUT2D eigenvalue weighted by Gasteiger charge is -2.19. The number of amides is 1. The van der Waals surface area contributed by atoms with Crippen LogP contribution >= 0.6 is 39.0 Å². The van der Waals surface area contributed by atoms with Gasteiger partial charge in [0.2, 0.25) is 5.91 Å². The van der Waals surface area contributed by atoms with Crippen LogP contribution in [0.25, 0.3) is 10.2 Å². The molecule has 30 heavy (non-hydrogen) atoms. The van der Waals surface area contributed by atoms with Crippen molar-refractivity contribution >= 4 is 60.3 Å². The van der Waals surface area contributed by atoms with Crippen molar-refractivity contribution in [2.24, 2.45) is 0 Å². The lowest BCUT2D eigenvalue weighted by Crippen LogP contribution is -2.31. The van der Waals surface area contributed by atoms with Crippen LogP contribution in [0.4, 0.5) is 5.13 Å². The van der Waals surface area contributed by atoms with Crippen LogP contribution in [0.3, 0.4) is 0 Å². The van der Waals surface area contributed by atoms with Crippen molar-refractivity contribution in [2.45, 2.75) is 11.4 Å². The third-order valence-electron chi connectivity index (χ3n) is 4.36. The summed E-state index contributed by atoms with van der Waals surface area (Å²) in [5.74, 6) is 1.11. The SMILES string of the molecule is COc1ccc(SCC(=O)N(Cc2cccnc2)c2nc3ccc(Br)cc3s2)cc1. The second kappa shape index (κ2) is 9.59. The molecule has 0 unspecified atom stereocenters. The van der Waals surface area contributed by atoms with Crippen LogP contribution in [0.15, 0.2) is 76.4 Å². The predicted octanol–water partition coefficient (Wildman–Crippen LogP) is 5.79. The van der Waals surface area contributed by atoms with E-state index in [2.05, 4.69) is 20.9 Å². The average Bonchev–Trinajstić information content (AvgIpc) is 3.19. The molecule has 0 fully saturated rings. The molecule has 0 saturated carbocycles. The molecule has 4 aromatic rings. The van der Waals surface area contributed by atoms with E-state index in [1.807, 2.05) is 54.6 Å². The minimum Gasteiger partial charge on any atom is -0.497 e. The summed E-state index contributed by atoms with van der Waals surface area (Å²) in [5, 5.41) is 0.687. The number of benzene rings is 2. The summed E-state index contributed by atoms with van der Waals surface area (Å²) >= 11 is 6.51. The van der Waals surface area contributed by atoms with Crippen molar-refractivity contribution in [3.63, 3.8) is 0 Å². The molecule has 1 amide bonds. The van der Waals surface area contributed by atoms with E-state index in [0.717, 1.165) is 30.9 Å². The third-order valence-corrected chi connectivity index (χ3v) is 6.89. The zero-order valence-electron chi connectivity index (χ0n) is 16.1. The monoisotopic (exact) mass is 499 g/mol. The van der Waals surface area contributed by atoms with Gasteiger partial charge in [0, 0.05) is 21.8 Å². The van der Waals surface area contributed by atoms with Crippen molar-refractivity contribution < 1.29 is 9.53 Å². The number of carbonyl (C=O) groups is 1. The van der Waals surface area contributed by atoms with E-state index in [4.69, 9.17) is 9.72 Å². The maximum Gasteiger partial charge on any atom is 0.239 e. The highest BCUT2D eigenvalue weighted by molar-refractivity contribution is 9.10. The number of aromatic nitrogens is 2. The zero-order valence-corrected chi connectivity index (χ0v) is 19.3. The van der Waals surface area contributed by atoms with E-state index in [0.29, 0.717) is 17.4 Å². The topological polar surface area (TPSA) is 55.3 Å². The van der Waals surface area contributed by atoms with Crippen molar-refractivity contribution in [3.05, 3.63) is 77.0 Å². The first kappa shape index (κ1) is 20.8. The fourth-order valence-electron chi connectivity index (χ4n) is 2.83. The van der Waals surface area contributed by atoms with Gasteiger partial charge in [0.25, 0.3) is 0 Å². The molecule has 0 aliphatic heterocycles. The number of thiazole rings is 1. The first-order chi connectivity index (χ1) is 14.6. The van der Waals surface area contributed by atoms with Gasteiger partial charge in [0.15, 0.2) is 5.13 Å². The second-order valence-corrected chi connectivity index (χ2v) is 9.39. The van der Waals surface area contributed by atoms with Crippen LogP contribution in [0, 0.1) is 0 Å². The number of anilines is 1. The zero-order chi connectivity index (χ0) is 20.9. The summed E-state index contributed by atoms with van der Waals surface area (Å²) in [4.78, 5) is 24.8. The summed E-state index contributed by atoms with van der Waals surface area (Å²) in [7, 11) is 1.64. The summed E-state index contributed by atoms with van der Waals surface area (Å²) in [5.41, 5.74) is 1.84. The molecule has 4 rings (SSSR count). The highest BCUT2D eigenvalue weighted by Crippen LogP contribution is 2.32. The lowest BCUT2D eigenvalue weighted by molar-refractivity contribution is -0.116. The molecule has 8 heteroatoms. The average molecular weight is 500 g/mol. The number of thioether (sulfide) groups is 1. The fraction of sp³-hybridized carbons (Fsp3) is 0.136. The first-order valence-electron chi connectivity index (χ1n) is 9.14. The van der Waals surface area contributed by atoms with Crippen molar-refractivity contribution in [2.75, 3.05) is 17.8 Å². The Kier molecular flexibility index (Phi) is 6.66. The Morgan fingerprint density at radius 3 is 2.77 bits per heavy atom. The Morgan fingerprint density at radius 2 is 2.03 bits per heavy atom. The number of ether oxygens (including phenoxy) is 1. The molecule has 2 aromatic carbocycles. The van der Waals surface area contributed by atoms with Crippen molar-refractivity contribution in [1.29, 1.82) is 0 Å². The molecule has 0 radical (unpaired) electrons. The summed E-state index contributed by atoms with van der Waals surface area (Å²) in [6.07, 6.45) is 3.51. The Morgan fingerprint density at radius 1 is 1.20 bits per heavy atom. The Hall–Kier alpha value is -2.42. The highest BCUT2D eigenvalue weighted by atomic mass is 79.9. The second-order valence-electron chi connectivity index (χ2n) is 6.41. The van der Waals surface area contributed by atoms with Gasteiger partial charge >= 0.3 is 0 Å². The van der Waals surface area contributed by atoms with E-state index < -0.39 is 0 Å². The van der Waals surface area contributed by atoms with Crippen molar-refractivity contribution in [3.8, 4) is 5.75 Å². The smallest absolute Gasteiger partial charge is 0.239 e.